The molecule has 7 heteroatoms. The monoisotopic (exact) mass is 411 g/mol. The van der Waals surface area contributed by atoms with Gasteiger partial charge < -0.3 is 20.0 Å². The molecule has 2 atom stereocenters. The number of hydrogen-bond acceptors (Lipinski definition) is 4. The number of piperidine rings is 1. The number of nitrogens with zero attached hydrogens (tertiary/aromatic N) is 1. The fourth-order valence-corrected chi connectivity index (χ4v) is 3.59. The van der Waals surface area contributed by atoms with Crippen LogP contribution in [-0.2, 0) is 4.79 Å². The predicted octanol–water partition coefficient (Wildman–Crippen LogP) is 3.69. The zero-order chi connectivity index (χ0) is 21.5. The van der Waals surface area contributed by atoms with Crippen LogP contribution < -0.4 is 10.6 Å². The number of amides is 3. The van der Waals surface area contributed by atoms with Gasteiger partial charge in [0, 0.05) is 13.1 Å². The van der Waals surface area contributed by atoms with Crippen LogP contribution in [0.5, 0.6) is 0 Å². The summed E-state index contributed by atoms with van der Waals surface area (Å²) in [7, 11) is 0. The first-order valence-corrected chi connectivity index (χ1v) is 10.5. The molecule has 2 heterocycles. The first-order chi connectivity index (χ1) is 14.5. The van der Waals surface area contributed by atoms with Crippen LogP contribution in [0, 0.1) is 5.92 Å². The molecule has 0 saturated carbocycles. The molecule has 1 aliphatic heterocycles. The molecule has 1 aliphatic rings. The lowest BCUT2D eigenvalue weighted by Crippen LogP contribution is -2.52. The molecule has 1 fully saturated rings. The van der Waals surface area contributed by atoms with Crippen LogP contribution in [0.4, 0.5) is 5.69 Å². The largest absolute Gasteiger partial charge is 0.459 e. The van der Waals surface area contributed by atoms with Crippen LogP contribution in [0.15, 0.2) is 47.1 Å². The molecular weight excluding hydrogens is 382 g/mol. The molecule has 0 aliphatic carbocycles. The second-order valence-corrected chi connectivity index (χ2v) is 7.70. The van der Waals surface area contributed by atoms with Crippen LogP contribution in [0.2, 0.25) is 0 Å². The molecular formula is C23H29N3O4. The summed E-state index contributed by atoms with van der Waals surface area (Å²) in [5, 5.41) is 5.64. The van der Waals surface area contributed by atoms with E-state index in [4.69, 9.17) is 4.42 Å². The van der Waals surface area contributed by atoms with Gasteiger partial charge >= 0.3 is 0 Å². The van der Waals surface area contributed by atoms with Crippen molar-refractivity contribution in [3.8, 4) is 0 Å². The number of carbonyl (C=O) groups excluding carboxylic acids is 3. The Labute approximate surface area is 176 Å². The molecule has 2 aromatic rings. The highest BCUT2D eigenvalue weighted by Gasteiger charge is 2.31. The molecule has 0 unspecified atom stereocenters. The SMILES string of the molecule is CC[C@H](C)[C@@H](NC(=O)c1ccccc1NC(=O)c1ccco1)C(=O)N1CCCCC1. The van der Waals surface area contributed by atoms with Crippen molar-refractivity contribution in [3.05, 3.63) is 54.0 Å². The number of nitrogens with one attached hydrogen (secondary N) is 2. The lowest BCUT2D eigenvalue weighted by Gasteiger charge is -2.33. The maximum Gasteiger partial charge on any atom is 0.291 e. The van der Waals surface area contributed by atoms with Crippen LogP contribution in [0.1, 0.15) is 60.4 Å². The number of hydrogen-bond donors (Lipinski definition) is 2. The number of anilines is 1. The lowest BCUT2D eigenvalue weighted by atomic mass is 9.96. The first kappa shape index (κ1) is 21.6. The standard InChI is InChI=1S/C23H29N3O4/c1-3-16(2)20(23(29)26-13-7-4-8-14-26)25-21(27)17-10-5-6-11-18(17)24-22(28)19-12-9-15-30-19/h5-6,9-12,15-16,20H,3-4,7-8,13-14H2,1-2H3,(H,24,28)(H,25,27)/t16-,20+/m0/s1. The first-order valence-electron chi connectivity index (χ1n) is 10.5. The minimum absolute atomic E-state index is 0.00625. The van der Waals surface area contributed by atoms with Crippen molar-refractivity contribution in [1.29, 1.82) is 0 Å². The fourth-order valence-electron chi connectivity index (χ4n) is 3.59. The van der Waals surface area contributed by atoms with E-state index >= 15 is 0 Å². The van der Waals surface area contributed by atoms with Gasteiger partial charge in [-0.3, -0.25) is 14.4 Å². The molecule has 3 amide bonds. The average molecular weight is 412 g/mol. The average Bonchev–Trinajstić information content (AvgIpc) is 3.32. The van der Waals surface area contributed by atoms with E-state index in [0.717, 1.165) is 38.8 Å². The molecule has 1 saturated heterocycles. The molecule has 0 bridgehead atoms. The van der Waals surface area contributed by atoms with E-state index in [2.05, 4.69) is 10.6 Å². The van der Waals surface area contributed by atoms with Crippen LogP contribution in [0.3, 0.4) is 0 Å². The van der Waals surface area contributed by atoms with E-state index in [1.807, 2.05) is 18.7 Å². The van der Waals surface area contributed by atoms with Crippen LogP contribution in [-0.4, -0.2) is 41.8 Å². The smallest absolute Gasteiger partial charge is 0.291 e. The Morgan fingerprint density at radius 1 is 1.03 bits per heavy atom. The van der Waals surface area contributed by atoms with Gasteiger partial charge in [-0.2, -0.15) is 0 Å². The van der Waals surface area contributed by atoms with Crippen molar-refractivity contribution in [2.45, 2.75) is 45.6 Å². The maximum absolute atomic E-state index is 13.1. The summed E-state index contributed by atoms with van der Waals surface area (Å²) >= 11 is 0. The highest BCUT2D eigenvalue weighted by atomic mass is 16.3. The van der Waals surface area contributed by atoms with Gasteiger partial charge in [-0.15, -0.1) is 0 Å². The van der Waals surface area contributed by atoms with E-state index in [1.165, 1.54) is 6.26 Å². The number of para-hydroxylation sites is 1. The van der Waals surface area contributed by atoms with Crippen molar-refractivity contribution in [2.24, 2.45) is 5.92 Å². The Balaban J connectivity index is 1.77. The maximum atomic E-state index is 13.1. The van der Waals surface area contributed by atoms with Crippen molar-refractivity contribution in [3.63, 3.8) is 0 Å². The van der Waals surface area contributed by atoms with Gasteiger partial charge in [-0.25, -0.2) is 0 Å². The number of benzene rings is 1. The number of furan rings is 1. The predicted molar refractivity (Wildman–Crippen MR) is 114 cm³/mol. The number of carbonyl (C=O) groups is 3. The van der Waals surface area contributed by atoms with Crippen molar-refractivity contribution in [2.75, 3.05) is 18.4 Å². The minimum Gasteiger partial charge on any atom is -0.459 e. The van der Waals surface area contributed by atoms with Gasteiger partial charge in [0.25, 0.3) is 11.8 Å². The molecule has 0 spiro atoms. The zero-order valence-electron chi connectivity index (χ0n) is 17.5. The fraction of sp³-hybridized carbons (Fsp3) is 0.435. The third-order valence-electron chi connectivity index (χ3n) is 5.60. The summed E-state index contributed by atoms with van der Waals surface area (Å²) in [5.41, 5.74) is 0.668. The lowest BCUT2D eigenvalue weighted by molar-refractivity contribution is -0.135. The van der Waals surface area contributed by atoms with E-state index in [0.29, 0.717) is 11.3 Å². The van der Waals surface area contributed by atoms with E-state index in [-0.39, 0.29) is 23.5 Å². The summed E-state index contributed by atoms with van der Waals surface area (Å²) in [6.07, 6.45) is 5.30. The second-order valence-electron chi connectivity index (χ2n) is 7.70. The summed E-state index contributed by atoms with van der Waals surface area (Å²) in [5.74, 6) is -0.713. The third kappa shape index (κ3) is 5.09. The summed E-state index contributed by atoms with van der Waals surface area (Å²) in [6, 6.07) is 9.31. The molecule has 30 heavy (non-hydrogen) atoms. The second kappa shape index (κ2) is 10.1. The third-order valence-corrected chi connectivity index (χ3v) is 5.60. The Bertz CT molecular complexity index is 872. The minimum atomic E-state index is -0.602. The molecule has 3 rings (SSSR count). The Kier molecular flexibility index (Phi) is 7.27. The number of likely N-dealkylation sites (tertiary alicyclic amines) is 1. The highest BCUT2D eigenvalue weighted by Crippen LogP contribution is 2.20. The van der Waals surface area contributed by atoms with Gasteiger partial charge in [0.1, 0.15) is 6.04 Å². The normalized spacial score (nSPS) is 15.9. The summed E-state index contributed by atoms with van der Waals surface area (Å²) < 4.78 is 5.11. The summed E-state index contributed by atoms with van der Waals surface area (Å²) in [6.45, 7) is 5.44. The van der Waals surface area contributed by atoms with Crippen LogP contribution >= 0.6 is 0 Å². The Morgan fingerprint density at radius 3 is 2.43 bits per heavy atom. The molecule has 7 nitrogen and oxygen atoms in total. The molecule has 1 aromatic carbocycles. The highest BCUT2D eigenvalue weighted by molar-refractivity contribution is 6.08. The quantitative estimate of drug-likeness (QED) is 0.727. The van der Waals surface area contributed by atoms with Gasteiger partial charge in [0.05, 0.1) is 17.5 Å². The molecule has 160 valence electrons. The van der Waals surface area contributed by atoms with Gasteiger partial charge in [0.15, 0.2) is 5.76 Å². The van der Waals surface area contributed by atoms with Gasteiger partial charge in [-0.1, -0.05) is 32.4 Å². The molecule has 0 radical (unpaired) electrons. The van der Waals surface area contributed by atoms with Gasteiger partial charge in [0.2, 0.25) is 5.91 Å². The van der Waals surface area contributed by atoms with Crippen molar-refractivity contribution < 1.29 is 18.8 Å². The Hall–Kier alpha value is -3.09. The topological polar surface area (TPSA) is 91.6 Å². The molecule has 2 N–H and O–H groups in total. The number of rotatable bonds is 7. The van der Waals surface area contributed by atoms with E-state index < -0.39 is 11.9 Å². The van der Waals surface area contributed by atoms with Crippen molar-refractivity contribution in [1.82, 2.24) is 10.2 Å². The van der Waals surface area contributed by atoms with Crippen LogP contribution in [0.25, 0.3) is 0 Å². The Morgan fingerprint density at radius 2 is 1.77 bits per heavy atom. The zero-order valence-corrected chi connectivity index (χ0v) is 17.5. The van der Waals surface area contributed by atoms with E-state index in [1.54, 1.807) is 36.4 Å². The van der Waals surface area contributed by atoms with Crippen molar-refractivity contribution >= 4 is 23.4 Å². The molecule has 1 aromatic heterocycles. The van der Waals surface area contributed by atoms with Gasteiger partial charge in [-0.05, 0) is 49.4 Å². The summed E-state index contributed by atoms with van der Waals surface area (Å²) in [4.78, 5) is 40.4. The van der Waals surface area contributed by atoms with E-state index in [9.17, 15) is 14.4 Å².